The molecule has 2 rings (SSSR count). The van der Waals surface area contributed by atoms with Crippen LogP contribution in [0.2, 0.25) is 0 Å². The lowest BCUT2D eigenvalue weighted by atomic mass is 10.1. The molecule has 0 aliphatic rings. The number of aliphatic hydroxyl groups is 1. The molecule has 2 aromatic rings. The van der Waals surface area contributed by atoms with Crippen molar-refractivity contribution in [3.8, 4) is 17.0 Å². The predicted octanol–water partition coefficient (Wildman–Crippen LogP) is 1.95. The summed E-state index contributed by atoms with van der Waals surface area (Å²) in [4.78, 5) is 0. The Kier molecular flexibility index (Phi) is 4.69. The van der Waals surface area contributed by atoms with Crippen LogP contribution in [0.15, 0.2) is 36.4 Å². The van der Waals surface area contributed by atoms with E-state index in [4.69, 9.17) is 9.84 Å². The van der Waals surface area contributed by atoms with Crippen molar-refractivity contribution in [2.24, 2.45) is 0 Å². The topological polar surface area (TPSA) is 67.3 Å². The number of methoxy groups -OCH3 is 1. The lowest BCUT2D eigenvalue weighted by Crippen LogP contribution is -2.05. The molecule has 19 heavy (non-hydrogen) atoms. The first-order valence-corrected chi connectivity index (χ1v) is 6.16. The average molecular weight is 259 g/mol. The van der Waals surface area contributed by atoms with Gasteiger partial charge in [-0.05, 0) is 30.7 Å². The number of benzene rings is 1. The highest BCUT2D eigenvalue weighted by Gasteiger charge is 2.02. The summed E-state index contributed by atoms with van der Waals surface area (Å²) in [6, 6.07) is 11.5. The standard InChI is InChI=1S/C14H17N3O2/c1-19-12-5-2-4-11(10-12)13-6-7-14(17-16-13)15-8-3-9-18/h2,4-7,10,18H,3,8-9H2,1H3,(H,15,17). The predicted molar refractivity (Wildman–Crippen MR) is 74.2 cm³/mol. The van der Waals surface area contributed by atoms with Crippen LogP contribution >= 0.6 is 0 Å². The molecule has 1 aromatic heterocycles. The summed E-state index contributed by atoms with van der Waals surface area (Å²) in [6.45, 7) is 0.853. The highest BCUT2D eigenvalue weighted by Crippen LogP contribution is 2.21. The summed E-state index contributed by atoms with van der Waals surface area (Å²) in [5, 5.41) is 20.1. The van der Waals surface area contributed by atoms with Gasteiger partial charge >= 0.3 is 0 Å². The van der Waals surface area contributed by atoms with Gasteiger partial charge in [-0.15, -0.1) is 10.2 Å². The molecule has 0 unspecified atom stereocenters. The molecule has 5 nitrogen and oxygen atoms in total. The van der Waals surface area contributed by atoms with Crippen LogP contribution in [0.1, 0.15) is 6.42 Å². The van der Waals surface area contributed by atoms with E-state index in [9.17, 15) is 0 Å². The van der Waals surface area contributed by atoms with Crippen LogP contribution in [0.5, 0.6) is 5.75 Å². The van der Waals surface area contributed by atoms with Gasteiger partial charge in [-0.3, -0.25) is 0 Å². The van der Waals surface area contributed by atoms with Gasteiger partial charge in [0, 0.05) is 18.7 Å². The molecule has 0 saturated carbocycles. The average Bonchev–Trinajstić information content (AvgIpc) is 2.48. The van der Waals surface area contributed by atoms with Crippen molar-refractivity contribution in [1.82, 2.24) is 10.2 Å². The Morgan fingerprint density at radius 2 is 2.11 bits per heavy atom. The third-order valence-corrected chi connectivity index (χ3v) is 2.67. The van der Waals surface area contributed by atoms with E-state index in [0.29, 0.717) is 18.8 Å². The van der Waals surface area contributed by atoms with Crippen molar-refractivity contribution in [3.63, 3.8) is 0 Å². The van der Waals surface area contributed by atoms with Gasteiger partial charge in [0.05, 0.1) is 12.8 Å². The molecule has 2 N–H and O–H groups in total. The fraction of sp³-hybridized carbons (Fsp3) is 0.286. The normalized spacial score (nSPS) is 10.2. The van der Waals surface area contributed by atoms with Gasteiger partial charge in [-0.25, -0.2) is 0 Å². The molecule has 1 aromatic carbocycles. The van der Waals surface area contributed by atoms with Crippen LogP contribution in [0, 0.1) is 0 Å². The molecule has 0 bridgehead atoms. The summed E-state index contributed by atoms with van der Waals surface area (Å²) in [5.74, 6) is 1.50. The first-order valence-electron chi connectivity index (χ1n) is 6.16. The van der Waals surface area contributed by atoms with E-state index in [1.54, 1.807) is 7.11 Å². The summed E-state index contributed by atoms with van der Waals surface area (Å²) < 4.78 is 5.18. The fourth-order valence-corrected chi connectivity index (χ4v) is 1.66. The first kappa shape index (κ1) is 13.3. The number of nitrogens with zero attached hydrogens (tertiary/aromatic N) is 2. The second-order valence-corrected chi connectivity index (χ2v) is 4.04. The molecule has 0 atom stereocenters. The van der Waals surface area contributed by atoms with E-state index < -0.39 is 0 Å². The number of nitrogens with one attached hydrogen (secondary N) is 1. The number of hydrogen-bond acceptors (Lipinski definition) is 5. The minimum absolute atomic E-state index is 0.169. The van der Waals surface area contributed by atoms with Gasteiger partial charge in [0.15, 0.2) is 0 Å². The Labute approximate surface area is 112 Å². The molecule has 1 heterocycles. The van der Waals surface area contributed by atoms with Gasteiger partial charge in [-0.1, -0.05) is 12.1 Å². The molecule has 0 radical (unpaired) electrons. The van der Waals surface area contributed by atoms with E-state index in [1.807, 2.05) is 36.4 Å². The molecular weight excluding hydrogens is 242 g/mol. The van der Waals surface area contributed by atoms with Crippen LogP contribution in [-0.4, -0.2) is 35.6 Å². The number of ether oxygens (including phenoxy) is 1. The third-order valence-electron chi connectivity index (χ3n) is 2.67. The monoisotopic (exact) mass is 259 g/mol. The maximum absolute atomic E-state index is 8.70. The molecule has 0 fully saturated rings. The van der Waals surface area contributed by atoms with Gasteiger partial charge < -0.3 is 15.2 Å². The zero-order chi connectivity index (χ0) is 13.5. The van der Waals surface area contributed by atoms with E-state index in [2.05, 4.69) is 15.5 Å². The van der Waals surface area contributed by atoms with Crippen molar-refractivity contribution < 1.29 is 9.84 Å². The van der Waals surface area contributed by atoms with Crippen molar-refractivity contribution in [3.05, 3.63) is 36.4 Å². The maximum atomic E-state index is 8.70. The third kappa shape index (κ3) is 3.66. The quantitative estimate of drug-likeness (QED) is 0.776. The summed E-state index contributed by atoms with van der Waals surface area (Å²) >= 11 is 0. The molecule has 0 aliphatic carbocycles. The van der Waals surface area contributed by atoms with Crippen molar-refractivity contribution >= 4 is 5.82 Å². The molecule has 5 heteroatoms. The molecular formula is C14H17N3O2. The molecule has 0 aliphatic heterocycles. The Balaban J connectivity index is 2.08. The zero-order valence-corrected chi connectivity index (χ0v) is 10.8. The summed E-state index contributed by atoms with van der Waals surface area (Å²) in [5.41, 5.74) is 1.76. The highest BCUT2D eigenvalue weighted by molar-refractivity contribution is 5.61. The number of anilines is 1. The van der Waals surface area contributed by atoms with Crippen molar-refractivity contribution in [1.29, 1.82) is 0 Å². The van der Waals surface area contributed by atoms with Crippen LogP contribution in [-0.2, 0) is 0 Å². The van der Waals surface area contributed by atoms with Crippen LogP contribution < -0.4 is 10.1 Å². The molecule has 100 valence electrons. The second-order valence-electron chi connectivity index (χ2n) is 4.04. The Morgan fingerprint density at radius 1 is 1.21 bits per heavy atom. The summed E-state index contributed by atoms with van der Waals surface area (Å²) in [7, 11) is 1.64. The molecule has 0 spiro atoms. The lowest BCUT2D eigenvalue weighted by molar-refractivity contribution is 0.292. The van der Waals surface area contributed by atoms with Crippen LogP contribution in [0.4, 0.5) is 5.82 Å². The number of aromatic nitrogens is 2. The molecule has 0 saturated heterocycles. The first-order chi connectivity index (χ1) is 9.33. The van der Waals surface area contributed by atoms with Gasteiger partial charge in [-0.2, -0.15) is 0 Å². The van der Waals surface area contributed by atoms with E-state index >= 15 is 0 Å². The second kappa shape index (κ2) is 6.70. The minimum atomic E-state index is 0.169. The van der Waals surface area contributed by atoms with E-state index in [1.165, 1.54) is 0 Å². The van der Waals surface area contributed by atoms with Gasteiger partial charge in [0.2, 0.25) is 0 Å². The number of aliphatic hydroxyl groups excluding tert-OH is 1. The van der Waals surface area contributed by atoms with Gasteiger partial charge in [0.1, 0.15) is 11.6 Å². The maximum Gasteiger partial charge on any atom is 0.148 e. The van der Waals surface area contributed by atoms with E-state index in [-0.39, 0.29) is 6.61 Å². The molecule has 0 amide bonds. The smallest absolute Gasteiger partial charge is 0.148 e. The highest BCUT2D eigenvalue weighted by atomic mass is 16.5. The lowest BCUT2D eigenvalue weighted by Gasteiger charge is -2.06. The van der Waals surface area contributed by atoms with E-state index in [0.717, 1.165) is 17.0 Å². The van der Waals surface area contributed by atoms with Crippen LogP contribution in [0.3, 0.4) is 0 Å². The Morgan fingerprint density at radius 3 is 2.79 bits per heavy atom. The summed E-state index contributed by atoms with van der Waals surface area (Å²) in [6.07, 6.45) is 0.694. The number of rotatable bonds is 6. The fourth-order valence-electron chi connectivity index (χ4n) is 1.66. The van der Waals surface area contributed by atoms with Crippen LogP contribution in [0.25, 0.3) is 11.3 Å². The zero-order valence-electron chi connectivity index (χ0n) is 10.8. The van der Waals surface area contributed by atoms with Crippen molar-refractivity contribution in [2.75, 3.05) is 25.6 Å². The Bertz CT molecular complexity index is 514. The minimum Gasteiger partial charge on any atom is -0.497 e. The Hall–Kier alpha value is -2.14. The largest absolute Gasteiger partial charge is 0.497 e. The van der Waals surface area contributed by atoms with Gasteiger partial charge in [0.25, 0.3) is 0 Å². The van der Waals surface area contributed by atoms with Crippen molar-refractivity contribution in [2.45, 2.75) is 6.42 Å². The number of hydrogen-bond donors (Lipinski definition) is 2. The SMILES string of the molecule is COc1cccc(-c2ccc(NCCCO)nn2)c1.